The molecule has 0 atom stereocenters. The third-order valence-corrected chi connectivity index (χ3v) is 2.83. The zero-order valence-electron chi connectivity index (χ0n) is 10.5. The molecule has 0 saturated heterocycles. The fourth-order valence-corrected chi connectivity index (χ4v) is 1.84. The van der Waals surface area contributed by atoms with Crippen molar-refractivity contribution >= 4 is 11.4 Å². The van der Waals surface area contributed by atoms with Gasteiger partial charge in [0.25, 0.3) is 0 Å². The van der Waals surface area contributed by atoms with Crippen LogP contribution in [0.5, 0.6) is 11.5 Å². The van der Waals surface area contributed by atoms with Crippen LogP contribution in [-0.2, 0) is 0 Å². The molecule has 19 heavy (non-hydrogen) atoms. The summed E-state index contributed by atoms with van der Waals surface area (Å²) in [4.78, 5) is 1.46. The van der Waals surface area contributed by atoms with Gasteiger partial charge in [-0.3, -0.25) is 0 Å². The molecular weight excluding hydrogens is 261 g/mol. The number of nitrogens with two attached hydrogens (primary N) is 1. The van der Waals surface area contributed by atoms with Gasteiger partial charge in [-0.15, -0.1) is 0 Å². The van der Waals surface area contributed by atoms with Crippen LogP contribution in [0.2, 0.25) is 0 Å². The van der Waals surface area contributed by atoms with Crippen molar-refractivity contribution in [3.05, 3.63) is 12.1 Å². The highest BCUT2D eigenvalue weighted by atomic mass is 19.4. The molecule has 106 valence electrons. The van der Waals surface area contributed by atoms with Gasteiger partial charge in [0.05, 0.1) is 17.8 Å². The van der Waals surface area contributed by atoms with Crippen molar-refractivity contribution in [2.75, 3.05) is 37.4 Å². The van der Waals surface area contributed by atoms with Gasteiger partial charge in [0.1, 0.15) is 13.2 Å². The van der Waals surface area contributed by atoms with E-state index in [0.29, 0.717) is 36.1 Å². The molecule has 2 rings (SSSR count). The van der Waals surface area contributed by atoms with E-state index >= 15 is 0 Å². The van der Waals surface area contributed by atoms with E-state index in [1.54, 1.807) is 19.2 Å². The Hall–Kier alpha value is -1.79. The number of benzene rings is 1. The second-order valence-corrected chi connectivity index (χ2v) is 4.34. The van der Waals surface area contributed by atoms with Crippen LogP contribution in [0.1, 0.15) is 6.42 Å². The molecule has 0 saturated carbocycles. The van der Waals surface area contributed by atoms with Crippen LogP contribution in [0.25, 0.3) is 0 Å². The number of hydrogen-bond acceptors (Lipinski definition) is 4. The standard InChI is InChI=1S/C12H15F3N2O2/c1-17(3-2-12(13,14)15)9-7-11-10(6-8(9)16)18-4-5-19-11/h6-7H,2-5,16H2,1H3. The van der Waals surface area contributed by atoms with E-state index in [4.69, 9.17) is 15.2 Å². The summed E-state index contributed by atoms with van der Waals surface area (Å²) >= 11 is 0. The van der Waals surface area contributed by atoms with Crippen LogP contribution in [-0.4, -0.2) is 33.0 Å². The largest absolute Gasteiger partial charge is 0.486 e. The lowest BCUT2D eigenvalue weighted by Crippen LogP contribution is -2.25. The maximum atomic E-state index is 12.2. The van der Waals surface area contributed by atoms with E-state index in [0.717, 1.165) is 0 Å². The summed E-state index contributed by atoms with van der Waals surface area (Å²) in [6, 6.07) is 3.19. The Balaban J connectivity index is 2.15. The predicted octanol–water partition coefficient (Wildman–Crippen LogP) is 2.43. The average Bonchev–Trinajstić information content (AvgIpc) is 2.34. The Morgan fingerprint density at radius 1 is 1.21 bits per heavy atom. The summed E-state index contributed by atoms with van der Waals surface area (Å²) in [5.74, 6) is 1.03. The number of nitrogens with zero attached hydrogens (tertiary/aromatic N) is 1. The third-order valence-electron chi connectivity index (χ3n) is 2.83. The van der Waals surface area contributed by atoms with Crippen molar-refractivity contribution in [3.63, 3.8) is 0 Å². The molecule has 2 N–H and O–H groups in total. The highest BCUT2D eigenvalue weighted by Gasteiger charge is 2.27. The molecule has 1 heterocycles. The minimum absolute atomic E-state index is 0.159. The molecule has 1 aliphatic rings. The maximum Gasteiger partial charge on any atom is 0.390 e. The molecule has 1 aliphatic heterocycles. The number of nitrogen functional groups attached to an aromatic ring is 1. The van der Waals surface area contributed by atoms with E-state index in [2.05, 4.69) is 0 Å². The van der Waals surface area contributed by atoms with Gasteiger partial charge < -0.3 is 20.1 Å². The number of alkyl halides is 3. The van der Waals surface area contributed by atoms with Crippen LogP contribution in [0.4, 0.5) is 24.5 Å². The molecular formula is C12H15F3N2O2. The molecule has 0 aromatic heterocycles. The first-order valence-electron chi connectivity index (χ1n) is 5.84. The summed E-state index contributed by atoms with van der Waals surface area (Å²) in [6.45, 7) is 0.700. The SMILES string of the molecule is CN(CCC(F)(F)F)c1cc2c(cc1N)OCCO2. The highest BCUT2D eigenvalue weighted by Crippen LogP contribution is 2.38. The second kappa shape index (κ2) is 5.07. The normalized spacial score (nSPS) is 14.3. The first-order valence-corrected chi connectivity index (χ1v) is 5.84. The summed E-state index contributed by atoms with van der Waals surface area (Å²) < 4.78 is 47.3. The third kappa shape index (κ3) is 3.36. The quantitative estimate of drug-likeness (QED) is 0.861. The Bertz CT molecular complexity index is 463. The summed E-state index contributed by atoms with van der Waals surface area (Å²) in [5, 5.41) is 0. The van der Waals surface area contributed by atoms with Crippen LogP contribution in [0.15, 0.2) is 12.1 Å². The van der Waals surface area contributed by atoms with E-state index in [9.17, 15) is 13.2 Å². The fourth-order valence-electron chi connectivity index (χ4n) is 1.84. The lowest BCUT2D eigenvalue weighted by atomic mass is 10.2. The number of halogens is 3. The number of anilines is 2. The summed E-state index contributed by atoms with van der Waals surface area (Å²) in [6.07, 6.45) is -5.08. The van der Waals surface area contributed by atoms with E-state index in [-0.39, 0.29) is 6.54 Å². The van der Waals surface area contributed by atoms with Gasteiger partial charge in [0, 0.05) is 25.7 Å². The van der Waals surface area contributed by atoms with E-state index < -0.39 is 12.6 Å². The van der Waals surface area contributed by atoms with Gasteiger partial charge in [0.15, 0.2) is 11.5 Å². The zero-order chi connectivity index (χ0) is 14.0. The molecule has 0 unspecified atom stereocenters. The van der Waals surface area contributed by atoms with Crippen molar-refractivity contribution in [2.24, 2.45) is 0 Å². The summed E-state index contributed by atoms with van der Waals surface area (Å²) in [5.41, 5.74) is 6.70. The predicted molar refractivity (Wildman–Crippen MR) is 65.8 cm³/mol. The Morgan fingerprint density at radius 3 is 2.37 bits per heavy atom. The topological polar surface area (TPSA) is 47.7 Å². The molecule has 0 bridgehead atoms. The molecule has 4 nitrogen and oxygen atoms in total. The van der Waals surface area contributed by atoms with Crippen LogP contribution < -0.4 is 20.1 Å². The van der Waals surface area contributed by atoms with Gasteiger partial charge in [0.2, 0.25) is 0 Å². The number of hydrogen-bond donors (Lipinski definition) is 1. The van der Waals surface area contributed by atoms with Crippen LogP contribution in [0, 0.1) is 0 Å². The van der Waals surface area contributed by atoms with Crippen molar-refractivity contribution in [2.45, 2.75) is 12.6 Å². The fraction of sp³-hybridized carbons (Fsp3) is 0.500. The Morgan fingerprint density at radius 2 is 1.79 bits per heavy atom. The van der Waals surface area contributed by atoms with Crippen molar-refractivity contribution in [1.29, 1.82) is 0 Å². The lowest BCUT2D eigenvalue weighted by molar-refractivity contribution is -0.132. The highest BCUT2D eigenvalue weighted by molar-refractivity contribution is 5.73. The van der Waals surface area contributed by atoms with Crippen LogP contribution >= 0.6 is 0 Å². The Labute approximate surface area is 108 Å². The van der Waals surface area contributed by atoms with Crippen molar-refractivity contribution in [3.8, 4) is 11.5 Å². The molecule has 7 heteroatoms. The summed E-state index contributed by atoms with van der Waals surface area (Å²) in [7, 11) is 1.56. The minimum Gasteiger partial charge on any atom is -0.486 e. The Kier molecular flexibility index (Phi) is 3.64. The zero-order valence-corrected chi connectivity index (χ0v) is 10.5. The lowest BCUT2D eigenvalue weighted by Gasteiger charge is -2.25. The van der Waals surface area contributed by atoms with Crippen molar-refractivity contribution in [1.82, 2.24) is 0 Å². The smallest absolute Gasteiger partial charge is 0.390 e. The van der Waals surface area contributed by atoms with Crippen molar-refractivity contribution < 1.29 is 22.6 Å². The number of fused-ring (bicyclic) bond motifs is 1. The molecule has 0 fully saturated rings. The molecule has 1 aromatic rings. The monoisotopic (exact) mass is 276 g/mol. The molecule has 0 amide bonds. The average molecular weight is 276 g/mol. The van der Waals surface area contributed by atoms with Gasteiger partial charge in [-0.25, -0.2) is 0 Å². The molecule has 0 radical (unpaired) electrons. The number of rotatable bonds is 3. The van der Waals surface area contributed by atoms with Crippen LogP contribution in [0.3, 0.4) is 0 Å². The van der Waals surface area contributed by atoms with E-state index in [1.807, 2.05) is 0 Å². The maximum absolute atomic E-state index is 12.2. The number of ether oxygens (including phenoxy) is 2. The first-order chi connectivity index (χ1) is 8.87. The van der Waals surface area contributed by atoms with E-state index in [1.165, 1.54) is 4.90 Å². The van der Waals surface area contributed by atoms with Gasteiger partial charge in [-0.1, -0.05) is 0 Å². The molecule has 0 aliphatic carbocycles. The molecule has 1 aromatic carbocycles. The van der Waals surface area contributed by atoms with Gasteiger partial charge in [-0.05, 0) is 0 Å². The molecule has 0 spiro atoms. The van der Waals surface area contributed by atoms with Gasteiger partial charge in [-0.2, -0.15) is 13.2 Å². The van der Waals surface area contributed by atoms with Gasteiger partial charge >= 0.3 is 6.18 Å². The second-order valence-electron chi connectivity index (χ2n) is 4.34. The first kappa shape index (κ1) is 13.6. The minimum atomic E-state index is -4.18.